The van der Waals surface area contributed by atoms with Crippen LogP contribution in [0.25, 0.3) is 0 Å². The van der Waals surface area contributed by atoms with E-state index < -0.39 is 4.92 Å². The van der Waals surface area contributed by atoms with Gasteiger partial charge in [-0.3, -0.25) is 10.1 Å². The zero-order chi connectivity index (χ0) is 15.8. The highest BCUT2D eigenvalue weighted by molar-refractivity contribution is 5.58. The predicted molar refractivity (Wildman–Crippen MR) is 84.9 cm³/mol. The Morgan fingerprint density at radius 3 is 2.67 bits per heavy atom. The highest BCUT2D eigenvalue weighted by Crippen LogP contribution is 2.31. The van der Waals surface area contributed by atoms with Crippen LogP contribution >= 0.6 is 0 Å². The monoisotopic (exact) mass is 295 g/mol. The molecule has 118 valence electrons. The summed E-state index contributed by atoms with van der Waals surface area (Å²) in [5, 5.41) is 14.3. The quantitative estimate of drug-likeness (QED) is 0.539. The molecule has 0 bridgehead atoms. The van der Waals surface area contributed by atoms with Gasteiger partial charge in [-0.25, -0.2) is 0 Å². The Labute approximate surface area is 125 Å². The van der Waals surface area contributed by atoms with Crippen molar-refractivity contribution in [2.24, 2.45) is 5.73 Å². The predicted octanol–water partition coefficient (Wildman–Crippen LogP) is 3.31. The van der Waals surface area contributed by atoms with Crippen LogP contribution in [0.15, 0.2) is 18.2 Å². The number of nitrogens with one attached hydrogen (secondary N) is 1. The number of hydrogen-bond acceptors (Lipinski definition) is 5. The van der Waals surface area contributed by atoms with Crippen molar-refractivity contribution in [3.8, 4) is 5.75 Å². The summed E-state index contributed by atoms with van der Waals surface area (Å²) in [6, 6.07) is 5.00. The maximum absolute atomic E-state index is 11.0. The minimum absolute atomic E-state index is 0.0212. The summed E-state index contributed by atoms with van der Waals surface area (Å²) < 4.78 is 5.53. The van der Waals surface area contributed by atoms with Gasteiger partial charge in [0.1, 0.15) is 0 Å². The van der Waals surface area contributed by atoms with Crippen molar-refractivity contribution in [3.63, 3.8) is 0 Å². The highest BCUT2D eigenvalue weighted by Gasteiger charge is 2.17. The lowest BCUT2D eigenvalue weighted by Crippen LogP contribution is -2.28. The summed E-state index contributed by atoms with van der Waals surface area (Å²) >= 11 is 0. The maximum atomic E-state index is 11.0. The molecule has 0 aliphatic heterocycles. The fraction of sp³-hybridized carbons (Fsp3) is 0.600. The molecule has 0 fully saturated rings. The fourth-order valence-electron chi connectivity index (χ4n) is 2.04. The topological polar surface area (TPSA) is 90.4 Å². The van der Waals surface area contributed by atoms with E-state index in [9.17, 15) is 10.1 Å². The van der Waals surface area contributed by atoms with Gasteiger partial charge in [0.25, 0.3) is 0 Å². The van der Waals surface area contributed by atoms with Crippen LogP contribution in [0.2, 0.25) is 0 Å². The third-order valence-electron chi connectivity index (χ3n) is 3.08. The van der Waals surface area contributed by atoms with E-state index in [1.54, 1.807) is 12.1 Å². The number of nitrogens with two attached hydrogens (primary N) is 1. The van der Waals surface area contributed by atoms with Gasteiger partial charge in [0.05, 0.1) is 11.0 Å². The number of benzene rings is 1. The lowest BCUT2D eigenvalue weighted by atomic mass is 10.1. The van der Waals surface area contributed by atoms with Crippen LogP contribution in [-0.2, 0) is 0 Å². The van der Waals surface area contributed by atoms with E-state index >= 15 is 0 Å². The Morgan fingerprint density at radius 1 is 1.43 bits per heavy atom. The summed E-state index contributed by atoms with van der Waals surface area (Å²) in [5.74, 6) is 0.284. The van der Waals surface area contributed by atoms with Gasteiger partial charge in [-0.2, -0.15) is 0 Å². The zero-order valence-electron chi connectivity index (χ0n) is 13.0. The van der Waals surface area contributed by atoms with Crippen LogP contribution in [0.3, 0.4) is 0 Å². The molecule has 6 nitrogen and oxygen atoms in total. The maximum Gasteiger partial charge on any atom is 0.311 e. The number of unbranched alkanes of at least 4 members (excludes halogenated alkanes) is 1. The Bertz CT molecular complexity index is 463. The van der Waals surface area contributed by atoms with E-state index in [1.165, 1.54) is 6.07 Å². The number of nitro groups is 1. The molecule has 6 heteroatoms. The zero-order valence-corrected chi connectivity index (χ0v) is 13.0. The van der Waals surface area contributed by atoms with Crippen LogP contribution in [0.5, 0.6) is 5.75 Å². The second-order valence-electron chi connectivity index (χ2n) is 5.33. The third-order valence-corrected chi connectivity index (χ3v) is 3.08. The average Bonchev–Trinajstić information content (AvgIpc) is 2.42. The van der Waals surface area contributed by atoms with Gasteiger partial charge < -0.3 is 15.8 Å². The van der Waals surface area contributed by atoms with Crippen LogP contribution < -0.4 is 15.8 Å². The number of hydrogen-bond donors (Lipinski definition) is 2. The summed E-state index contributed by atoms with van der Waals surface area (Å²) in [4.78, 5) is 10.6. The summed E-state index contributed by atoms with van der Waals surface area (Å²) in [5.41, 5.74) is 6.53. The van der Waals surface area contributed by atoms with E-state index in [4.69, 9.17) is 10.5 Å². The second-order valence-corrected chi connectivity index (χ2v) is 5.33. The second kappa shape index (κ2) is 8.46. The van der Waals surface area contributed by atoms with Crippen LogP contribution in [0, 0.1) is 10.1 Å². The first kappa shape index (κ1) is 17.2. The van der Waals surface area contributed by atoms with Gasteiger partial charge in [0.2, 0.25) is 0 Å². The number of rotatable bonds is 9. The van der Waals surface area contributed by atoms with Crippen molar-refractivity contribution < 1.29 is 9.66 Å². The molecule has 1 aromatic carbocycles. The van der Waals surface area contributed by atoms with Crippen LogP contribution in [-0.4, -0.2) is 23.6 Å². The molecular formula is C15H25N3O3. The Morgan fingerprint density at radius 2 is 2.14 bits per heavy atom. The third kappa shape index (κ3) is 5.59. The number of nitrogens with zero attached hydrogens (tertiary/aromatic N) is 1. The number of nitro benzene ring substituents is 1. The molecule has 0 aliphatic carbocycles. The van der Waals surface area contributed by atoms with E-state index in [1.807, 2.05) is 13.8 Å². The Kier molecular flexibility index (Phi) is 6.94. The first-order chi connectivity index (χ1) is 9.97. The van der Waals surface area contributed by atoms with Gasteiger partial charge in [0, 0.05) is 30.4 Å². The molecule has 0 heterocycles. The lowest BCUT2D eigenvalue weighted by Gasteiger charge is -2.19. The number of anilines is 1. The first-order valence-corrected chi connectivity index (χ1v) is 7.39. The minimum Gasteiger partial charge on any atom is -0.484 e. The summed E-state index contributed by atoms with van der Waals surface area (Å²) in [7, 11) is 0. The molecule has 3 N–H and O–H groups in total. The van der Waals surface area contributed by atoms with Gasteiger partial charge in [0.15, 0.2) is 5.75 Å². The van der Waals surface area contributed by atoms with Gasteiger partial charge in [-0.15, -0.1) is 0 Å². The van der Waals surface area contributed by atoms with E-state index in [0.29, 0.717) is 6.54 Å². The van der Waals surface area contributed by atoms with Crippen LogP contribution in [0.1, 0.15) is 40.0 Å². The van der Waals surface area contributed by atoms with Crippen LogP contribution in [0.4, 0.5) is 11.4 Å². The molecule has 1 atom stereocenters. The van der Waals surface area contributed by atoms with Gasteiger partial charge in [-0.05, 0) is 26.3 Å². The van der Waals surface area contributed by atoms with Gasteiger partial charge in [-0.1, -0.05) is 19.8 Å². The average molecular weight is 295 g/mol. The minimum atomic E-state index is -0.432. The van der Waals surface area contributed by atoms with E-state index in [2.05, 4.69) is 12.2 Å². The SMILES string of the molecule is CCCCC(CN)Nc1ccc([N+](=O)[O-])c(OC(C)C)c1. The molecule has 1 aromatic rings. The lowest BCUT2D eigenvalue weighted by molar-refractivity contribution is -0.386. The molecule has 0 radical (unpaired) electrons. The standard InChI is InChI=1S/C15H25N3O3/c1-4-5-6-13(10-16)17-12-7-8-14(18(19)20)15(9-12)21-11(2)3/h7-9,11,13,17H,4-6,10,16H2,1-3H3. The highest BCUT2D eigenvalue weighted by atomic mass is 16.6. The Hall–Kier alpha value is -1.82. The van der Waals surface area contributed by atoms with Gasteiger partial charge >= 0.3 is 5.69 Å². The molecule has 1 rings (SSSR count). The number of ether oxygens (including phenoxy) is 1. The molecule has 0 amide bonds. The molecular weight excluding hydrogens is 270 g/mol. The van der Waals surface area contributed by atoms with Crippen molar-refractivity contribution in [2.75, 3.05) is 11.9 Å². The van der Waals surface area contributed by atoms with Crippen molar-refractivity contribution in [1.29, 1.82) is 0 Å². The Balaban J connectivity index is 2.90. The van der Waals surface area contributed by atoms with Crippen molar-refractivity contribution >= 4 is 11.4 Å². The van der Waals surface area contributed by atoms with Crippen molar-refractivity contribution in [3.05, 3.63) is 28.3 Å². The molecule has 0 aromatic heterocycles. The normalized spacial score (nSPS) is 12.2. The molecule has 1 unspecified atom stereocenters. The van der Waals surface area contributed by atoms with Crippen molar-refractivity contribution in [1.82, 2.24) is 0 Å². The van der Waals surface area contributed by atoms with E-state index in [0.717, 1.165) is 24.9 Å². The molecule has 0 saturated heterocycles. The summed E-state index contributed by atoms with van der Waals surface area (Å²) in [6.07, 6.45) is 3.06. The fourth-order valence-corrected chi connectivity index (χ4v) is 2.04. The molecule has 0 spiro atoms. The first-order valence-electron chi connectivity index (χ1n) is 7.39. The smallest absolute Gasteiger partial charge is 0.311 e. The van der Waals surface area contributed by atoms with E-state index in [-0.39, 0.29) is 23.6 Å². The molecule has 21 heavy (non-hydrogen) atoms. The molecule has 0 aliphatic rings. The largest absolute Gasteiger partial charge is 0.484 e. The molecule has 0 saturated carbocycles. The summed E-state index contributed by atoms with van der Waals surface area (Å²) in [6.45, 7) is 6.34. The van der Waals surface area contributed by atoms with Crippen molar-refractivity contribution in [2.45, 2.75) is 52.2 Å².